The van der Waals surface area contributed by atoms with Crippen molar-refractivity contribution in [3.8, 4) is 0 Å². The van der Waals surface area contributed by atoms with Crippen LogP contribution in [0.2, 0.25) is 0 Å². The van der Waals surface area contributed by atoms with E-state index in [1.54, 1.807) is 48.5 Å². The average Bonchev–Trinajstić information content (AvgIpc) is 2.68. The number of ketones is 2. The van der Waals surface area contributed by atoms with Gasteiger partial charge in [0.25, 0.3) is 0 Å². The van der Waals surface area contributed by atoms with Crippen LogP contribution >= 0.6 is 0 Å². The molecule has 0 aromatic heterocycles. The topological polar surface area (TPSA) is 83.8 Å². The van der Waals surface area contributed by atoms with Crippen molar-refractivity contribution in [1.29, 1.82) is 0 Å². The van der Waals surface area contributed by atoms with Crippen molar-refractivity contribution in [1.82, 2.24) is 0 Å². The molecule has 2 rings (SSSR count). The van der Waals surface area contributed by atoms with Crippen LogP contribution in [0.25, 0.3) is 0 Å². The molecule has 2 aromatic carbocycles. The minimum Gasteiger partial charge on any atom is -0.396 e. The van der Waals surface area contributed by atoms with Crippen LogP contribution in [0.4, 0.5) is 0 Å². The molecular weight excluding hydrogens is 320 g/mol. The van der Waals surface area contributed by atoms with E-state index in [9.17, 15) is 9.59 Å². The Morgan fingerprint density at radius 1 is 0.800 bits per heavy atom. The Kier molecular flexibility index (Phi) is 10.0. The molecule has 0 fully saturated rings. The normalized spacial score (nSPS) is 10.1. The first-order valence-corrected chi connectivity index (χ1v) is 8.08. The number of hydrogen-bond donors (Lipinski definition) is 2. The molecule has 2 N–H and O–H groups in total. The molecule has 134 valence electrons. The van der Waals surface area contributed by atoms with Crippen molar-refractivity contribution >= 4 is 11.6 Å². The predicted octanol–water partition coefficient (Wildman–Crippen LogP) is 2.52. The van der Waals surface area contributed by atoms with Crippen LogP contribution in [0.1, 0.15) is 33.6 Å². The van der Waals surface area contributed by atoms with Crippen molar-refractivity contribution in [3.63, 3.8) is 0 Å². The lowest BCUT2D eigenvalue weighted by Crippen LogP contribution is -2.32. The SMILES string of the molecule is COC(C(=O)c1ccccc1)C(=O)c1ccccc1.OCCCCO. The van der Waals surface area contributed by atoms with Gasteiger partial charge in [0.15, 0.2) is 17.7 Å². The first-order valence-electron chi connectivity index (χ1n) is 8.08. The minimum absolute atomic E-state index is 0.195. The predicted molar refractivity (Wildman–Crippen MR) is 95.7 cm³/mol. The molecule has 0 aliphatic heterocycles. The zero-order valence-corrected chi connectivity index (χ0v) is 14.3. The van der Waals surface area contributed by atoms with E-state index >= 15 is 0 Å². The third kappa shape index (κ3) is 6.97. The van der Waals surface area contributed by atoms with Gasteiger partial charge in [-0.05, 0) is 12.8 Å². The summed E-state index contributed by atoms with van der Waals surface area (Å²) in [5, 5.41) is 16.2. The van der Waals surface area contributed by atoms with Crippen molar-refractivity contribution < 1.29 is 24.5 Å². The number of Topliss-reactive ketones (excluding diaryl/α,β-unsaturated/α-hetero) is 2. The number of methoxy groups -OCH3 is 1. The molecular formula is C20H24O5. The van der Waals surface area contributed by atoms with Gasteiger partial charge in [0.05, 0.1) is 0 Å². The highest BCUT2D eigenvalue weighted by molar-refractivity contribution is 6.18. The molecule has 0 saturated carbocycles. The Bertz CT molecular complexity index is 570. The van der Waals surface area contributed by atoms with Crippen LogP contribution in [0.3, 0.4) is 0 Å². The molecule has 0 aliphatic carbocycles. The molecule has 5 heteroatoms. The van der Waals surface area contributed by atoms with Crippen molar-refractivity contribution in [2.24, 2.45) is 0 Å². The zero-order chi connectivity index (χ0) is 18.5. The van der Waals surface area contributed by atoms with Gasteiger partial charge >= 0.3 is 0 Å². The lowest BCUT2D eigenvalue weighted by atomic mass is 9.98. The number of carbonyl (C=O) groups is 2. The van der Waals surface area contributed by atoms with Gasteiger partial charge in [-0.1, -0.05) is 60.7 Å². The first-order chi connectivity index (χ1) is 12.2. The van der Waals surface area contributed by atoms with Crippen LogP contribution in [0.5, 0.6) is 0 Å². The molecule has 0 amide bonds. The number of carbonyl (C=O) groups excluding carboxylic acids is 2. The fourth-order valence-electron chi connectivity index (χ4n) is 2.06. The van der Waals surface area contributed by atoms with E-state index in [0.717, 1.165) is 12.8 Å². The molecule has 25 heavy (non-hydrogen) atoms. The Labute approximate surface area is 147 Å². The van der Waals surface area contributed by atoms with Crippen LogP contribution in [0.15, 0.2) is 60.7 Å². The van der Waals surface area contributed by atoms with Gasteiger partial charge in [-0.15, -0.1) is 0 Å². The fourth-order valence-corrected chi connectivity index (χ4v) is 2.06. The van der Waals surface area contributed by atoms with Gasteiger partial charge in [-0.2, -0.15) is 0 Å². The van der Waals surface area contributed by atoms with E-state index in [4.69, 9.17) is 14.9 Å². The lowest BCUT2D eigenvalue weighted by molar-refractivity contribution is 0.0513. The van der Waals surface area contributed by atoms with E-state index in [-0.39, 0.29) is 24.8 Å². The van der Waals surface area contributed by atoms with Gasteiger partial charge in [0.2, 0.25) is 0 Å². The second-order valence-electron chi connectivity index (χ2n) is 5.23. The maximum atomic E-state index is 12.2. The molecule has 0 unspecified atom stereocenters. The Morgan fingerprint density at radius 2 is 1.16 bits per heavy atom. The quantitative estimate of drug-likeness (QED) is 0.437. The summed E-state index contributed by atoms with van der Waals surface area (Å²) in [6.07, 6.45) is 0.345. The summed E-state index contributed by atoms with van der Waals surface area (Å²) in [4.78, 5) is 24.5. The Morgan fingerprint density at radius 3 is 1.44 bits per heavy atom. The third-order valence-corrected chi connectivity index (χ3v) is 3.39. The molecule has 0 aliphatic rings. The number of aliphatic hydroxyl groups excluding tert-OH is 2. The molecule has 5 nitrogen and oxygen atoms in total. The molecule has 0 heterocycles. The number of aliphatic hydroxyl groups is 2. The van der Waals surface area contributed by atoms with Gasteiger partial charge < -0.3 is 14.9 Å². The number of ether oxygens (including phenoxy) is 1. The van der Waals surface area contributed by atoms with Gasteiger partial charge in [0, 0.05) is 31.5 Å². The van der Waals surface area contributed by atoms with Crippen molar-refractivity contribution in [2.45, 2.75) is 18.9 Å². The van der Waals surface area contributed by atoms with E-state index < -0.39 is 6.10 Å². The van der Waals surface area contributed by atoms with Crippen LogP contribution < -0.4 is 0 Å². The number of benzene rings is 2. The molecule has 0 atom stereocenters. The maximum absolute atomic E-state index is 12.2. The lowest BCUT2D eigenvalue weighted by Gasteiger charge is -2.13. The summed E-state index contributed by atoms with van der Waals surface area (Å²) in [5.74, 6) is -0.645. The largest absolute Gasteiger partial charge is 0.396 e. The Hall–Kier alpha value is -2.34. The summed E-state index contributed by atoms with van der Waals surface area (Å²) in [5.41, 5.74) is 0.942. The smallest absolute Gasteiger partial charge is 0.199 e. The first kappa shape index (κ1) is 20.7. The molecule has 0 radical (unpaired) electrons. The molecule has 0 spiro atoms. The third-order valence-electron chi connectivity index (χ3n) is 3.39. The summed E-state index contributed by atoms with van der Waals surface area (Å²) in [6.45, 7) is 0.390. The molecule has 0 saturated heterocycles. The monoisotopic (exact) mass is 344 g/mol. The van der Waals surface area contributed by atoms with Gasteiger partial charge in [-0.3, -0.25) is 9.59 Å². The minimum atomic E-state index is -1.09. The second kappa shape index (κ2) is 12.1. The Balaban J connectivity index is 0.000000450. The van der Waals surface area contributed by atoms with Crippen LogP contribution in [-0.2, 0) is 4.74 Å². The standard InChI is InChI=1S/C16H14O3.C4H10O2/c1-19-16(14(17)12-8-4-2-5-9-12)15(18)13-10-6-3-7-11-13;5-3-1-2-4-6/h2-11,16H,1H3;5-6H,1-4H2. The highest BCUT2D eigenvalue weighted by Crippen LogP contribution is 2.12. The van der Waals surface area contributed by atoms with E-state index in [2.05, 4.69) is 0 Å². The van der Waals surface area contributed by atoms with Crippen LogP contribution in [-0.4, -0.2) is 48.2 Å². The molecule has 2 aromatic rings. The summed E-state index contributed by atoms with van der Waals surface area (Å²) >= 11 is 0. The second-order valence-corrected chi connectivity index (χ2v) is 5.23. The summed E-state index contributed by atoms with van der Waals surface area (Å²) < 4.78 is 5.08. The van der Waals surface area contributed by atoms with Gasteiger partial charge in [0.1, 0.15) is 0 Å². The molecule has 0 bridgehead atoms. The van der Waals surface area contributed by atoms with Crippen molar-refractivity contribution in [2.75, 3.05) is 20.3 Å². The summed E-state index contributed by atoms with van der Waals surface area (Å²) in [7, 11) is 1.37. The number of hydrogen-bond acceptors (Lipinski definition) is 5. The number of unbranched alkanes of at least 4 members (excludes halogenated alkanes) is 1. The summed E-state index contributed by atoms with van der Waals surface area (Å²) in [6, 6.07) is 17.4. The van der Waals surface area contributed by atoms with Crippen molar-refractivity contribution in [3.05, 3.63) is 71.8 Å². The fraction of sp³-hybridized carbons (Fsp3) is 0.300. The zero-order valence-electron chi connectivity index (χ0n) is 14.3. The average molecular weight is 344 g/mol. The van der Waals surface area contributed by atoms with Crippen LogP contribution in [0, 0.1) is 0 Å². The van der Waals surface area contributed by atoms with E-state index in [1.165, 1.54) is 7.11 Å². The highest BCUT2D eigenvalue weighted by Gasteiger charge is 2.27. The van der Waals surface area contributed by atoms with E-state index in [1.807, 2.05) is 12.1 Å². The number of rotatable bonds is 8. The highest BCUT2D eigenvalue weighted by atomic mass is 16.5. The van der Waals surface area contributed by atoms with Gasteiger partial charge in [-0.25, -0.2) is 0 Å². The maximum Gasteiger partial charge on any atom is 0.199 e. The van der Waals surface area contributed by atoms with E-state index in [0.29, 0.717) is 11.1 Å².